The summed E-state index contributed by atoms with van der Waals surface area (Å²) in [6.07, 6.45) is 2.67. The zero-order valence-corrected chi connectivity index (χ0v) is 15.5. The van der Waals surface area contributed by atoms with Gasteiger partial charge in [0, 0.05) is 10.3 Å². The van der Waals surface area contributed by atoms with Crippen LogP contribution in [0.4, 0.5) is 0 Å². The Kier molecular flexibility index (Phi) is 6.36. The van der Waals surface area contributed by atoms with Crippen LogP contribution in [0.1, 0.15) is 55.3 Å². The van der Waals surface area contributed by atoms with Gasteiger partial charge in [-0.25, -0.2) is 0 Å². The predicted molar refractivity (Wildman–Crippen MR) is 96.1 cm³/mol. The van der Waals surface area contributed by atoms with Gasteiger partial charge in [-0.3, -0.25) is 25.2 Å². The van der Waals surface area contributed by atoms with Crippen LogP contribution in [0.2, 0.25) is 0 Å². The number of carbonyl (C=O) groups is 3. The van der Waals surface area contributed by atoms with Gasteiger partial charge in [0.2, 0.25) is 5.91 Å². The molecule has 0 radical (unpaired) electrons. The summed E-state index contributed by atoms with van der Waals surface area (Å²) in [4.78, 5) is 37.1. The number of hydrogen-bond acceptors (Lipinski definition) is 4. The van der Waals surface area contributed by atoms with Gasteiger partial charge in [-0.2, -0.15) is 0 Å². The highest BCUT2D eigenvalue weighted by Gasteiger charge is 2.37. The maximum atomic E-state index is 12.4. The fourth-order valence-corrected chi connectivity index (χ4v) is 3.96. The molecular formula is C18H24N2O4S. The molecule has 2 rings (SSSR count). The van der Waals surface area contributed by atoms with Gasteiger partial charge in [0.25, 0.3) is 5.91 Å². The zero-order chi connectivity index (χ0) is 18.6. The topological polar surface area (TPSA) is 95.5 Å². The fourth-order valence-electron chi connectivity index (χ4n) is 2.99. The number of amides is 2. The van der Waals surface area contributed by atoms with Crippen LogP contribution in [0.3, 0.4) is 0 Å². The minimum atomic E-state index is -0.986. The zero-order valence-electron chi connectivity index (χ0n) is 14.7. The van der Waals surface area contributed by atoms with Gasteiger partial charge in [0.1, 0.15) is 0 Å². The predicted octanol–water partition coefficient (Wildman–Crippen LogP) is 2.91. The van der Waals surface area contributed by atoms with Gasteiger partial charge < -0.3 is 5.11 Å². The Morgan fingerprint density at radius 3 is 2.40 bits per heavy atom. The molecule has 136 valence electrons. The van der Waals surface area contributed by atoms with E-state index in [2.05, 4.69) is 17.8 Å². The molecule has 7 heteroatoms. The van der Waals surface area contributed by atoms with Crippen LogP contribution in [0, 0.1) is 11.8 Å². The molecule has 1 aliphatic rings. The van der Waals surface area contributed by atoms with E-state index >= 15 is 0 Å². The van der Waals surface area contributed by atoms with E-state index in [1.54, 1.807) is 5.38 Å². The minimum Gasteiger partial charge on any atom is -0.481 e. The van der Waals surface area contributed by atoms with Crippen LogP contribution >= 0.6 is 11.3 Å². The van der Waals surface area contributed by atoms with Crippen molar-refractivity contribution in [2.75, 3.05) is 0 Å². The number of rotatable bonds is 5. The van der Waals surface area contributed by atoms with Crippen molar-refractivity contribution in [1.82, 2.24) is 10.9 Å². The van der Waals surface area contributed by atoms with E-state index in [0.29, 0.717) is 18.4 Å². The second kappa shape index (κ2) is 8.29. The van der Waals surface area contributed by atoms with Gasteiger partial charge in [0.15, 0.2) is 0 Å². The number of hydrogen-bond donors (Lipinski definition) is 3. The summed E-state index contributed by atoms with van der Waals surface area (Å²) < 4.78 is 0. The number of carboxylic acid groups (broad SMARTS) is 1. The monoisotopic (exact) mass is 364 g/mol. The highest BCUT2D eigenvalue weighted by atomic mass is 32.1. The molecule has 2 atom stereocenters. The molecule has 2 unspecified atom stereocenters. The maximum absolute atomic E-state index is 12.4. The molecule has 25 heavy (non-hydrogen) atoms. The largest absolute Gasteiger partial charge is 0.481 e. The van der Waals surface area contributed by atoms with Crippen LogP contribution in [0.5, 0.6) is 0 Å². The van der Waals surface area contributed by atoms with Crippen molar-refractivity contribution < 1.29 is 19.5 Å². The summed E-state index contributed by atoms with van der Waals surface area (Å²) in [5.74, 6) is -3.28. The van der Waals surface area contributed by atoms with Crippen molar-refractivity contribution in [3.05, 3.63) is 33.0 Å². The number of carbonyl (C=O) groups excluding carboxylic acids is 2. The Morgan fingerprint density at radius 2 is 1.80 bits per heavy atom. The average molecular weight is 364 g/mol. The number of hydrazine groups is 1. The van der Waals surface area contributed by atoms with Crippen molar-refractivity contribution in [1.29, 1.82) is 0 Å². The molecule has 0 fully saturated rings. The molecule has 1 aromatic heterocycles. The lowest BCUT2D eigenvalue weighted by Gasteiger charge is -2.29. The summed E-state index contributed by atoms with van der Waals surface area (Å²) >= 11 is 1.51. The lowest BCUT2D eigenvalue weighted by molar-refractivity contribution is -0.147. The minimum absolute atomic E-state index is 0.359. The number of thiophene rings is 1. The van der Waals surface area contributed by atoms with Crippen molar-refractivity contribution >= 4 is 29.1 Å². The molecule has 1 aromatic rings. The standard InChI is InChI=1S/C18H24N2O4S/c1-4-5-13-8-12(9-25-13)16(21)19-20-17(22)14-6-10(2)11(3)7-15(14)18(23)24/h8-9,14-15H,4-7H2,1-3H3,(H,19,21)(H,20,22)(H,23,24). The van der Waals surface area contributed by atoms with Crippen LogP contribution in [-0.2, 0) is 16.0 Å². The van der Waals surface area contributed by atoms with Crippen LogP contribution < -0.4 is 10.9 Å². The first-order chi connectivity index (χ1) is 11.8. The van der Waals surface area contributed by atoms with Crippen molar-refractivity contribution in [2.45, 2.75) is 46.5 Å². The Balaban J connectivity index is 1.98. The van der Waals surface area contributed by atoms with Gasteiger partial charge in [0.05, 0.1) is 17.4 Å². The molecule has 1 aliphatic carbocycles. The van der Waals surface area contributed by atoms with Crippen molar-refractivity contribution in [3.63, 3.8) is 0 Å². The van der Waals surface area contributed by atoms with E-state index in [1.807, 2.05) is 19.9 Å². The van der Waals surface area contributed by atoms with E-state index in [9.17, 15) is 19.5 Å². The summed E-state index contributed by atoms with van der Waals surface area (Å²) in [6, 6.07) is 1.81. The second-order valence-electron chi connectivity index (χ2n) is 6.52. The van der Waals surface area contributed by atoms with E-state index in [-0.39, 0.29) is 0 Å². The molecule has 6 nitrogen and oxygen atoms in total. The number of aryl methyl sites for hydroxylation is 1. The first-order valence-electron chi connectivity index (χ1n) is 8.39. The second-order valence-corrected chi connectivity index (χ2v) is 7.51. The first-order valence-corrected chi connectivity index (χ1v) is 9.27. The fraction of sp³-hybridized carbons (Fsp3) is 0.500. The number of aliphatic carboxylic acids is 1. The quantitative estimate of drug-likeness (QED) is 0.553. The average Bonchev–Trinajstić information content (AvgIpc) is 3.03. The molecule has 0 aromatic carbocycles. The summed E-state index contributed by atoms with van der Waals surface area (Å²) in [5.41, 5.74) is 7.34. The molecule has 0 saturated carbocycles. The maximum Gasteiger partial charge on any atom is 0.307 e. The Bertz CT molecular complexity index is 708. The van der Waals surface area contributed by atoms with E-state index in [4.69, 9.17) is 0 Å². The molecule has 1 heterocycles. The summed E-state index contributed by atoms with van der Waals surface area (Å²) in [5, 5.41) is 11.1. The number of allylic oxidation sites excluding steroid dienone is 2. The lowest BCUT2D eigenvalue weighted by atomic mass is 9.76. The smallest absolute Gasteiger partial charge is 0.307 e. The highest BCUT2D eigenvalue weighted by Crippen LogP contribution is 2.34. The van der Waals surface area contributed by atoms with Crippen molar-refractivity contribution in [3.8, 4) is 0 Å². The first kappa shape index (κ1) is 19.2. The van der Waals surface area contributed by atoms with E-state index in [0.717, 1.165) is 28.9 Å². The third-order valence-corrected chi connectivity index (χ3v) is 5.63. The van der Waals surface area contributed by atoms with E-state index < -0.39 is 29.6 Å². The van der Waals surface area contributed by atoms with E-state index in [1.165, 1.54) is 11.3 Å². The molecule has 0 saturated heterocycles. The highest BCUT2D eigenvalue weighted by molar-refractivity contribution is 7.10. The molecular weight excluding hydrogens is 340 g/mol. The van der Waals surface area contributed by atoms with Crippen LogP contribution in [-0.4, -0.2) is 22.9 Å². The molecule has 2 amide bonds. The van der Waals surface area contributed by atoms with Crippen LogP contribution in [0.15, 0.2) is 22.6 Å². The van der Waals surface area contributed by atoms with Gasteiger partial charge in [-0.1, -0.05) is 24.5 Å². The molecule has 3 N–H and O–H groups in total. The number of nitrogens with one attached hydrogen (secondary N) is 2. The Hall–Kier alpha value is -2.15. The molecule has 0 spiro atoms. The molecule has 0 bridgehead atoms. The van der Waals surface area contributed by atoms with Crippen LogP contribution in [0.25, 0.3) is 0 Å². The summed E-state index contributed by atoms with van der Waals surface area (Å²) in [6.45, 7) is 5.87. The van der Waals surface area contributed by atoms with Gasteiger partial charge >= 0.3 is 5.97 Å². The van der Waals surface area contributed by atoms with Gasteiger partial charge in [-0.05, 0) is 39.2 Å². The van der Waals surface area contributed by atoms with Crippen molar-refractivity contribution in [2.24, 2.45) is 11.8 Å². The Morgan fingerprint density at radius 1 is 1.16 bits per heavy atom. The third-order valence-electron chi connectivity index (χ3n) is 4.63. The Labute approximate surface area is 151 Å². The molecule has 0 aliphatic heterocycles. The summed E-state index contributed by atoms with van der Waals surface area (Å²) in [7, 11) is 0. The number of carboxylic acids is 1. The normalized spacial score (nSPS) is 20.3. The van der Waals surface area contributed by atoms with Gasteiger partial charge in [-0.15, -0.1) is 11.3 Å². The third kappa shape index (κ3) is 4.69. The SMILES string of the molecule is CCCc1cc(C(=O)NNC(=O)C2CC(C)=C(C)CC2C(=O)O)cs1. The lowest BCUT2D eigenvalue weighted by Crippen LogP contribution is -2.48.